The van der Waals surface area contributed by atoms with Crippen LogP contribution in [0.15, 0.2) is 0 Å². The molecule has 0 rings (SSSR count). The van der Waals surface area contributed by atoms with Gasteiger partial charge in [-0.05, 0) is 12.8 Å². The van der Waals surface area contributed by atoms with E-state index in [0.717, 1.165) is 25.8 Å². The number of unbranched alkanes of at least 4 members (excludes halogenated alkanes) is 36. The second-order valence-electron chi connectivity index (χ2n) is 14.6. The first-order valence-electron chi connectivity index (χ1n) is 21.1. The van der Waals surface area contributed by atoms with Crippen molar-refractivity contribution in [3.05, 3.63) is 0 Å². The molecule has 48 heavy (non-hydrogen) atoms. The van der Waals surface area contributed by atoms with Gasteiger partial charge < -0.3 is 15.1 Å². The van der Waals surface area contributed by atoms with Crippen molar-refractivity contribution < 1.29 is 18.9 Å². The van der Waals surface area contributed by atoms with E-state index >= 15 is 0 Å². The lowest BCUT2D eigenvalue weighted by molar-refractivity contribution is 0.193. The average Bonchev–Trinajstić information content (AvgIpc) is 3.04. The molecule has 0 radical (unpaired) electrons. The summed E-state index contributed by atoms with van der Waals surface area (Å²) in [5.41, 5.74) is 0. The Kier molecular flexibility index (Phi) is 40.4. The molecule has 8 heteroatoms. The minimum atomic E-state index is -4.28. The van der Waals surface area contributed by atoms with Gasteiger partial charge >= 0.3 is 7.82 Å². The first-order valence-corrected chi connectivity index (χ1v) is 23.5. The molecule has 0 amide bonds. The number of thiol groups is 1. The lowest BCUT2D eigenvalue weighted by Gasteiger charge is -2.05. The summed E-state index contributed by atoms with van der Waals surface area (Å²) in [6.07, 6.45) is 50.9. The second kappa shape index (κ2) is 40.1. The lowest BCUT2D eigenvalue weighted by Crippen LogP contribution is -2.17. The Balaban J connectivity index is 3.07. The van der Waals surface area contributed by atoms with Crippen LogP contribution < -0.4 is 5.32 Å². The van der Waals surface area contributed by atoms with Gasteiger partial charge in [-0.25, -0.2) is 4.57 Å². The van der Waals surface area contributed by atoms with Gasteiger partial charge in [0.05, 0.1) is 6.61 Å². The fraction of sp³-hybridized carbons (Fsp3) is 0.975. The van der Waals surface area contributed by atoms with Crippen molar-refractivity contribution in [1.29, 1.82) is 0 Å². The van der Waals surface area contributed by atoms with Crippen molar-refractivity contribution >= 4 is 37.0 Å². The van der Waals surface area contributed by atoms with Gasteiger partial charge in [0.1, 0.15) is 4.32 Å². The molecule has 0 aliphatic carbocycles. The maximum atomic E-state index is 10.6. The van der Waals surface area contributed by atoms with Crippen LogP contribution in [0.4, 0.5) is 0 Å². The molecule has 5 nitrogen and oxygen atoms in total. The summed E-state index contributed by atoms with van der Waals surface area (Å²) in [5, 5.41) is 3.11. The molecule has 0 aliphatic rings. The van der Waals surface area contributed by atoms with E-state index in [1.54, 1.807) is 0 Å². The van der Waals surface area contributed by atoms with Crippen molar-refractivity contribution in [1.82, 2.24) is 5.32 Å². The summed E-state index contributed by atoms with van der Waals surface area (Å²) in [7, 11) is -4.28. The number of thiocarbonyl (C=S) groups is 1. The molecule has 3 N–H and O–H groups in total. The number of nitrogens with one attached hydrogen (secondary N) is 1. The van der Waals surface area contributed by atoms with E-state index in [9.17, 15) is 4.57 Å². The third-order valence-electron chi connectivity index (χ3n) is 9.86. The van der Waals surface area contributed by atoms with Gasteiger partial charge in [-0.1, -0.05) is 237 Å². The van der Waals surface area contributed by atoms with Crippen LogP contribution in [0.3, 0.4) is 0 Å². The van der Waals surface area contributed by atoms with Crippen LogP contribution in [0.5, 0.6) is 0 Å². The summed E-state index contributed by atoms with van der Waals surface area (Å²) >= 11 is 8.99. The predicted molar refractivity (Wildman–Crippen MR) is 218 cm³/mol. The fourth-order valence-electron chi connectivity index (χ4n) is 6.79. The van der Waals surface area contributed by atoms with Crippen LogP contribution in [-0.2, 0) is 9.09 Å². The summed E-state index contributed by atoms with van der Waals surface area (Å²) in [6.45, 7) is 1.15. The average molecular weight is 736 g/mol. The zero-order valence-electron chi connectivity index (χ0n) is 31.6. The van der Waals surface area contributed by atoms with E-state index in [2.05, 4.69) is 22.5 Å². The van der Waals surface area contributed by atoms with Crippen LogP contribution in [0.2, 0.25) is 0 Å². The Morgan fingerprint density at radius 2 is 0.604 bits per heavy atom. The number of hydrogen-bond acceptors (Lipinski definition) is 3. The molecule has 0 unspecified atom stereocenters. The number of phosphoric ester groups is 1. The molecule has 0 fully saturated rings. The van der Waals surface area contributed by atoms with Gasteiger partial charge in [-0.15, -0.1) is 12.6 Å². The SMILES string of the molecule is O=P(O)(O)OCCCCCCCCCCCCCCCCCCCCCCCCCCCCCCCCCCCCCCCNC(=S)S. The van der Waals surface area contributed by atoms with E-state index in [1.165, 1.54) is 218 Å². The van der Waals surface area contributed by atoms with Crippen LogP contribution >= 0.6 is 32.7 Å². The Labute approximate surface area is 310 Å². The van der Waals surface area contributed by atoms with E-state index < -0.39 is 7.82 Å². The van der Waals surface area contributed by atoms with E-state index in [4.69, 9.17) is 22.0 Å². The van der Waals surface area contributed by atoms with Gasteiger partial charge in [0, 0.05) is 6.54 Å². The monoisotopic (exact) mass is 736 g/mol. The maximum Gasteiger partial charge on any atom is 0.469 e. The van der Waals surface area contributed by atoms with Gasteiger partial charge in [-0.3, -0.25) is 4.52 Å². The van der Waals surface area contributed by atoms with Crippen molar-refractivity contribution in [3.8, 4) is 0 Å². The minimum absolute atomic E-state index is 0.168. The van der Waals surface area contributed by atoms with Crippen molar-refractivity contribution in [2.45, 2.75) is 238 Å². The molecular weight excluding hydrogens is 654 g/mol. The molecule has 0 aromatic heterocycles. The summed E-state index contributed by atoms with van der Waals surface area (Å²) in [4.78, 5) is 17.3. The molecule has 0 saturated heterocycles. The summed E-state index contributed by atoms with van der Waals surface area (Å²) < 4.78 is 15.7. The molecule has 0 spiro atoms. The quantitative estimate of drug-likeness (QED) is 0.0217. The molecule has 288 valence electrons. The summed E-state index contributed by atoms with van der Waals surface area (Å²) in [6, 6.07) is 0. The highest BCUT2D eigenvalue weighted by Crippen LogP contribution is 2.35. The largest absolute Gasteiger partial charge is 0.469 e. The molecular formula is C40H82NO4PS2. The molecule has 0 aliphatic heterocycles. The van der Waals surface area contributed by atoms with Crippen LogP contribution in [-0.4, -0.2) is 27.3 Å². The Morgan fingerprint density at radius 3 is 0.792 bits per heavy atom. The summed E-state index contributed by atoms with van der Waals surface area (Å²) in [5.74, 6) is 0. The zero-order valence-corrected chi connectivity index (χ0v) is 34.2. The van der Waals surface area contributed by atoms with Crippen molar-refractivity contribution in [2.24, 2.45) is 0 Å². The van der Waals surface area contributed by atoms with Gasteiger partial charge in [0.2, 0.25) is 0 Å². The standard InChI is InChI=1S/C40H82NO4PS2/c42-46(43,44)45-39-37-35-33-31-29-27-25-23-21-19-17-15-13-11-9-7-5-3-1-2-4-6-8-10-12-14-16-18-20-22-24-26-28-30-32-34-36-38-41-40(47)48/h1-39H2,(H2,41,47,48)(H2,42,43,44). The maximum absolute atomic E-state index is 10.6. The molecule has 0 aromatic carbocycles. The zero-order chi connectivity index (χ0) is 35.1. The van der Waals surface area contributed by atoms with Crippen molar-refractivity contribution in [2.75, 3.05) is 13.2 Å². The highest BCUT2D eigenvalue weighted by atomic mass is 32.1. The Bertz CT molecular complexity index is 694. The first kappa shape index (κ1) is 48.3. The smallest absolute Gasteiger partial charge is 0.371 e. The Hall–Kier alpha value is 0.350. The molecule has 0 heterocycles. The highest BCUT2D eigenvalue weighted by Gasteiger charge is 2.12. The van der Waals surface area contributed by atoms with Crippen molar-refractivity contribution in [3.63, 3.8) is 0 Å². The normalized spacial score (nSPS) is 11.8. The number of phosphoric acid groups is 1. The van der Waals surface area contributed by atoms with Gasteiger partial charge in [0.15, 0.2) is 0 Å². The van der Waals surface area contributed by atoms with E-state index in [0.29, 0.717) is 4.32 Å². The lowest BCUT2D eigenvalue weighted by atomic mass is 10.0. The van der Waals surface area contributed by atoms with Gasteiger partial charge in [0.25, 0.3) is 0 Å². The number of rotatable bonds is 41. The van der Waals surface area contributed by atoms with E-state index in [1.807, 2.05) is 0 Å². The fourth-order valence-corrected chi connectivity index (χ4v) is 7.37. The molecule has 0 saturated carbocycles. The predicted octanol–water partition coefficient (Wildman–Crippen LogP) is 14.3. The Morgan fingerprint density at radius 1 is 0.417 bits per heavy atom. The second-order valence-corrected chi connectivity index (χ2v) is 17.0. The highest BCUT2D eigenvalue weighted by molar-refractivity contribution is 8.11. The minimum Gasteiger partial charge on any atom is -0.371 e. The third kappa shape index (κ3) is 46.4. The number of hydrogen-bond donors (Lipinski definition) is 4. The van der Waals surface area contributed by atoms with Gasteiger partial charge in [-0.2, -0.15) is 0 Å². The first-order chi connectivity index (χ1) is 23.4. The third-order valence-corrected chi connectivity index (χ3v) is 10.7. The molecule has 0 atom stereocenters. The van der Waals surface area contributed by atoms with Crippen LogP contribution in [0, 0.1) is 0 Å². The topological polar surface area (TPSA) is 78.8 Å². The molecule has 0 bridgehead atoms. The van der Waals surface area contributed by atoms with E-state index in [-0.39, 0.29) is 6.61 Å². The molecule has 0 aromatic rings. The van der Waals surface area contributed by atoms with Crippen LogP contribution in [0.25, 0.3) is 0 Å². The van der Waals surface area contributed by atoms with Crippen LogP contribution in [0.1, 0.15) is 238 Å².